The van der Waals surface area contributed by atoms with Crippen molar-refractivity contribution in [2.45, 2.75) is 51.0 Å². The van der Waals surface area contributed by atoms with Crippen LogP contribution in [0.1, 0.15) is 44.9 Å². The molecule has 2 heterocycles. The fraction of sp³-hybridized carbons (Fsp3) is 0.850. The minimum Gasteiger partial charge on any atom is -0.341 e. The molecule has 152 valence electrons. The smallest absolute Gasteiger partial charge is 0.246 e. The Kier molecular flexibility index (Phi) is 7.20. The van der Waals surface area contributed by atoms with Crippen LogP contribution in [0.4, 0.5) is 0 Å². The molecular formula is C20H33N3O3S. The molecule has 3 fully saturated rings. The number of likely N-dealkylation sites (tertiary alicyclic amines) is 2. The van der Waals surface area contributed by atoms with E-state index < -0.39 is 6.04 Å². The van der Waals surface area contributed by atoms with Gasteiger partial charge in [0.05, 0.1) is 11.8 Å². The standard InChI is InChI=1S/C20H33N3O3S/c1-21-10-7-14-8-11-22(12-9-14)20(26)17(13-27-2)23-18(24)15-5-3-4-6-16(15)19(23)25/h14-17,21H,3-13H2,1-2H3. The van der Waals surface area contributed by atoms with Crippen molar-refractivity contribution in [1.82, 2.24) is 15.1 Å². The molecule has 2 aliphatic heterocycles. The van der Waals surface area contributed by atoms with Crippen LogP contribution in [0.25, 0.3) is 0 Å². The van der Waals surface area contributed by atoms with E-state index in [1.165, 1.54) is 16.7 Å². The number of carbonyl (C=O) groups excluding carboxylic acids is 3. The lowest BCUT2D eigenvalue weighted by Gasteiger charge is -2.36. The second-order valence-electron chi connectivity index (χ2n) is 8.18. The van der Waals surface area contributed by atoms with Gasteiger partial charge in [-0.3, -0.25) is 19.3 Å². The van der Waals surface area contributed by atoms with E-state index in [1.54, 1.807) is 0 Å². The molecular weight excluding hydrogens is 362 g/mol. The minimum absolute atomic E-state index is 0.0308. The first-order valence-electron chi connectivity index (χ1n) is 10.4. The van der Waals surface area contributed by atoms with Gasteiger partial charge in [-0.25, -0.2) is 0 Å². The highest BCUT2D eigenvalue weighted by atomic mass is 32.2. The van der Waals surface area contributed by atoms with Crippen LogP contribution in [0.15, 0.2) is 0 Å². The lowest BCUT2D eigenvalue weighted by molar-refractivity contribution is -0.151. The van der Waals surface area contributed by atoms with Crippen LogP contribution in [-0.2, 0) is 14.4 Å². The van der Waals surface area contributed by atoms with Gasteiger partial charge >= 0.3 is 0 Å². The third kappa shape index (κ3) is 4.34. The van der Waals surface area contributed by atoms with Gasteiger partial charge < -0.3 is 10.2 Å². The van der Waals surface area contributed by atoms with Gasteiger partial charge in [0, 0.05) is 18.8 Å². The first kappa shape index (κ1) is 20.6. The van der Waals surface area contributed by atoms with Gasteiger partial charge in [0.25, 0.3) is 0 Å². The maximum Gasteiger partial charge on any atom is 0.246 e. The molecule has 27 heavy (non-hydrogen) atoms. The third-order valence-corrected chi connectivity index (χ3v) is 7.17. The summed E-state index contributed by atoms with van der Waals surface area (Å²) in [5.74, 6) is 0.554. The topological polar surface area (TPSA) is 69.7 Å². The summed E-state index contributed by atoms with van der Waals surface area (Å²) in [5.41, 5.74) is 0. The number of nitrogens with one attached hydrogen (secondary N) is 1. The number of amides is 3. The molecule has 6 nitrogen and oxygen atoms in total. The highest BCUT2D eigenvalue weighted by molar-refractivity contribution is 7.98. The normalized spacial score (nSPS) is 27.8. The van der Waals surface area contributed by atoms with Crippen LogP contribution >= 0.6 is 11.8 Å². The molecule has 2 saturated heterocycles. The molecule has 0 spiro atoms. The van der Waals surface area contributed by atoms with E-state index in [0.717, 1.165) is 64.6 Å². The lowest BCUT2D eigenvalue weighted by atomic mass is 9.81. The Labute approximate surface area is 166 Å². The predicted octanol–water partition coefficient (Wildman–Crippen LogP) is 1.74. The van der Waals surface area contributed by atoms with Gasteiger partial charge in [0.2, 0.25) is 17.7 Å². The first-order chi connectivity index (χ1) is 13.1. The van der Waals surface area contributed by atoms with E-state index in [2.05, 4.69) is 5.32 Å². The number of carbonyl (C=O) groups is 3. The molecule has 3 rings (SSSR count). The van der Waals surface area contributed by atoms with Crippen LogP contribution in [0.5, 0.6) is 0 Å². The maximum absolute atomic E-state index is 13.2. The molecule has 7 heteroatoms. The van der Waals surface area contributed by atoms with Crippen LogP contribution in [0, 0.1) is 17.8 Å². The number of thioether (sulfide) groups is 1. The van der Waals surface area contributed by atoms with Crippen molar-refractivity contribution in [2.24, 2.45) is 17.8 Å². The van der Waals surface area contributed by atoms with Crippen LogP contribution in [0.3, 0.4) is 0 Å². The Morgan fingerprint density at radius 1 is 1.11 bits per heavy atom. The Balaban J connectivity index is 1.67. The second kappa shape index (κ2) is 9.41. The molecule has 0 aromatic carbocycles. The van der Waals surface area contributed by atoms with Crippen molar-refractivity contribution in [2.75, 3.05) is 38.7 Å². The summed E-state index contributed by atoms with van der Waals surface area (Å²) < 4.78 is 0. The maximum atomic E-state index is 13.2. The third-order valence-electron chi connectivity index (χ3n) is 6.53. The molecule has 0 aromatic heterocycles. The molecule has 0 bridgehead atoms. The fourth-order valence-electron chi connectivity index (χ4n) is 4.91. The van der Waals surface area contributed by atoms with E-state index in [-0.39, 0.29) is 29.6 Å². The van der Waals surface area contributed by atoms with E-state index in [1.807, 2.05) is 18.2 Å². The van der Waals surface area contributed by atoms with Crippen molar-refractivity contribution in [3.63, 3.8) is 0 Å². The first-order valence-corrected chi connectivity index (χ1v) is 11.8. The number of piperidine rings is 1. The Bertz CT molecular complexity index is 539. The molecule has 0 aromatic rings. The molecule has 1 aliphatic carbocycles. The zero-order chi connectivity index (χ0) is 19.4. The molecule has 0 radical (unpaired) electrons. The summed E-state index contributed by atoms with van der Waals surface area (Å²) in [5, 5.41) is 3.19. The van der Waals surface area contributed by atoms with E-state index in [9.17, 15) is 14.4 Å². The SMILES string of the molecule is CNCCC1CCN(C(=O)C(CSC)N2C(=O)C3CCCCC3C2=O)CC1. The average molecular weight is 396 g/mol. The predicted molar refractivity (Wildman–Crippen MR) is 107 cm³/mol. The molecule has 1 saturated carbocycles. The van der Waals surface area contributed by atoms with E-state index in [0.29, 0.717) is 11.7 Å². The molecule has 3 unspecified atom stereocenters. The second-order valence-corrected chi connectivity index (χ2v) is 9.09. The minimum atomic E-state index is -0.626. The van der Waals surface area contributed by atoms with Gasteiger partial charge in [-0.2, -0.15) is 11.8 Å². The zero-order valence-corrected chi connectivity index (χ0v) is 17.4. The highest BCUT2D eigenvalue weighted by Gasteiger charge is 2.52. The number of imide groups is 1. The Morgan fingerprint density at radius 3 is 2.22 bits per heavy atom. The van der Waals surface area contributed by atoms with Gasteiger partial charge in [0.15, 0.2) is 0 Å². The fourth-order valence-corrected chi connectivity index (χ4v) is 5.52. The molecule has 3 amide bonds. The summed E-state index contributed by atoms with van der Waals surface area (Å²) in [4.78, 5) is 42.4. The summed E-state index contributed by atoms with van der Waals surface area (Å²) in [6.45, 7) is 2.48. The summed E-state index contributed by atoms with van der Waals surface area (Å²) in [7, 11) is 1.97. The molecule has 1 N–H and O–H groups in total. The number of nitrogens with zero attached hydrogens (tertiary/aromatic N) is 2. The zero-order valence-electron chi connectivity index (χ0n) is 16.6. The number of rotatable bonds is 7. The van der Waals surface area contributed by atoms with Crippen molar-refractivity contribution in [3.05, 3.63) is 0 Å². The number of hydrogen-bond donors (Lipinski definition) is 1. The van der Waals surface area contributed by atoms with Crippen molar-refractivity contribution >= 4 is 29.5 Å². The Morgan fingerprint density at radius 2 is 1.70 bits per heavy atom. The Hall–Kier alpha value is -1.08. The molecule has 3 atom stereocenters. The van der Waals surface area contributed by atoms with E-state index >= 15 is 0 Å². The average Bonchev–Trinajstić information content (AvgIpc) is 2.95. The van der Waals surface area contributed by atoms with Gasteiger partial charge in [-0.1, -0.05) is 12.8 Å². The number of fused-ring (bicyclic) bond motifs is 1. The van der Waals surface area contributed by atoms with Gasteiger partial charge in [-0.15, -0.1) is 0 Å². The number of hydrogen-bond acceptors (Lipinski definition) is 5. The van der Waals surface area contributed by atoms with Crippen LogP contribution in [0.2, 0.25) is 0 Å². The monoisotopic (exact) mass is 395 g/mol. The largest absolute Gasteiger partial charge is 0.341 e. The van der Waals surface area contributed by atoms with Gasteiger partial charge in [-0.05, 0) is 57.9 Å². The molecule has 3 aliphatic rings. The summed E-state index contributed by atoms with van der Waals surface area (Å²) in [6.07, 6.45) is 8.69. The van der Waals surface area contributed by atoms with Crippen molar-refractivity contribution in [1.29, 1.82) is 0 Å². The lowest BCUT2D eigenvalue weighted by Crippen LogP contribution is -2.54. The van der Waals surface area contributed by atoms with Crippen molar-refractivity contribution in [3.8, 4) is 0 Å². The van der Waals surface area contributed by atoms with Crippen LogP contribution < -0.4 is 5.32 Å². The van der Waals surface area contributed by atoms with E-state index in [4.69, 9.17) is 0 Å². The van der Waals surface area contributed by atoms with Gasteiger partial charge in [0.1, 0.15) is 6.04 Å². The van der Waals surface area contributed by atoms with Crippen LogP contribution in [-0.4, -0.2) is 72.3 Å². The summed E-state index contributed by atoms with van der Waals surface area (Å²) >= 11 is 1.54. The quantitative estimate of drug-likeness (QED) is 0.665. The highest BCUT2D eigenvalue weighted by Crippen LogP contribution is 2.39. The van der Waals surface area contributed by atoms with Crippen molar-refractivity contribution < 1.29 is 14.4 Å². The summed E-state index contributed by atoms with van der Waals surface area (Å²) in [6, 6.07) is -0.626.